The average molecular weight is 289 g/mol. The molecule has 1 aromatic heterocycles. The minimum Gasteiger partial charge on any atom is -0.391 e. The van der Waals surface area contributed by atoms with Gasteiger partial charge in [0.1, 0.15) is 0 Å². The van der Waals surface area contributed by atoms with Crippen LogP contribution in [0.15, 0.2) is 23.1 Å². The zero-order chi connectivity index (χ0) is 10.1. The maximum absolute atomic E-state index is 9.21. The Morgan fingerprint density at radius 1 is 1.43 bits per heavy atom. The molecule has 0 aliphatic heterocycles. The first kappa shape index (κ1) is 10.5. The standard InChI is InChI=1S/C10H9BrOS2/c11-4-7-6-2-1-3-8(13)10(6)14-9(7)5-12/h1-3,12-13H,4-5H2. The van der Waals surface area contributed by atoms with Crippen molar-refractivity contribution in [2.24, 2.45) is 0 Å². The van der Waals surface area contributed by atoms with Crippen molar-refractivity contribution < 1.29 is 5.11 Å². The van der Waals surface area contributed by atoms with Gasteiger partial charge in [-0.25, -0.2) is 0 Å². The maximum atomic E-state index is 9.21. The summed E-state index contributed by atoms with van der Waals surface area (Å²) in [4.78, 5) is 2.01. The van der Waals surface area contributed by atoms with E-state index >= 15 is 0 Å². The van der Waals surface area contributed by atoms with E-state index in [0.29, 0.717) is 0 Å². The molecule has 0 amide bonds. The Morgan fingerprint density at radius 2 is 2.21 bits per heavy atom. The van der Waals surface area contributed by atoms with E-state index in [2.05, 4.69) is 34.6 Å². The Kier molecular flexibility index (Phi) is 3.17. The molecule has 1 N–H and O–H groups in total. The summed E-state index contributed by atoms with van der Waals surface area (Å²) >= 11 is 9.47. The van der Waals surface area contributed by atoms with E-state index < -0.39 is 0 Å². The molecule has 0 saturated heterocycles. The van der Waals surface area contributed by atoms with Crippen molar-refractivity contribution in [3.05, 3.63) is 28.6 Å². The third-order valence-electron chi connectivity index (χ3n) is 2.16. The number of aliphatic hydroxyl groups excluding tert-OH is 1. The lowest BCUT2D eigenvalue weighted by Gasteiger charge is -1.96. The van der Waals surface area contributed by atoms with Gasteiger partial charge in [-0.1, -0.05) is 28.1 Å². The molecular weight excluding hydrogens is 280 g/mol. The van der Waals surface area contributed by atoms with Gasteiger partial charge in [0.2, 0.25) is 0 Å². The van der Waals surface area contributed by atoms with Crippen molar-refractivity contribution in [1.82, 2.24) is 0 Å². The average Bonchev–Trinajstić information content (AvgIpc) is 2.57. The molecule has 0 atom stereocenters. The van der Waals surface area contributed by atoms with Gasteiger partial charge in [0.15, 0.2) is 0 Å². The summed E-state index contributed by atoms with van der Waals surface area (Å²) in [5.74, 6) is 0. The summed E-state index contributed by atoms with van der Waals surface area (Å²) in [5, 5.41) is 11.2. The van der Waals surface area contributed by atoms with Gasteiger partial charge in [0, 0.05) is 19.8 Å². The summed E-state index contributed by atoms with van der Waals surface area (Å²) in [6, 6.07) is 6.03. The number of fused-ring (bicyclic) bond motifs is 1. The van der Waals surface area contributed by atoms with Crippen molar-refractivity contribution in [3.8, 4) is 0 Å². The Labute approximate surface area is 100 Å². The summed E-state index contributed by atoms with van der Waals surface area (Å²) < 4.78 is 1.16. The molecule has 1 nitrogen and oxygen atoms in total. The van der Waals surface area contributed by atoms with Gasteiger partial charge in [-0.15, -0.1) is 24.0 Å². The highest BCUT2D eigenvalue weighted by molar-refractivity contribution is 9.08. The number of aliphatic hydroxyl groups is 1. The quantitative estimate of drug-likeness (QED) is 0.639. The largest absolute Gasteiger partial charge is 0.391 e. The van der Waals surface area contributed by atoms with Crippen LogP contribution in [0.5, 0.6) is 0 Å². The molecule has 0 fully saturated rings. The van der Waals surface area contributed by atoms with Gasteiger partial charge in [0.05, 0.1) is 6.61 Å². The van der Waals surface area contributed by atoms with Crippen LogP contribution in [-0.4, -0.2) is 5.11 Å². The van der Waals surface area contributed by atoms with Crippen LogP contribution < -0.4 is 0 Å². The van der Waals surface area contributed by atoms with Crippen molar-refractivity contribution in [3.63, 3.8) is 0 Å². The molecule has 0 bridgehead atoms. The maximum Gasteiger partial charge on any atom is 0.0777 e. The highest BCUT2D eigenvalue weighted by Crippen LogP contribution is 2.36. The number of alkyl halides is 1. The van der Waals surface area contributed by atoms with E-state index in [1.165, 1.54) is 10.9 Å². The summed E-state index contributed by atoms with van der Waals surface area (Å²) in [6.45, 7) is 0.105. The second kappa shape index (κ2) is 4.23. The van der Waals surface area contributed by atoms with Crippen LogP contribution in [0.2, 0.25) is 0 Å². The second-order valence-corrected chi connectivity index (χ2v) is 5.10. The van der Waals surface area contributed by atoms with Crippen LogP contribution in [0, 0.1) is 0 Å². The number of thiol groups is 1. The molecule has 0 spiro atoms. The van der Waals surface area contributed by atoms with Crippen molar-refractivity contribution in [2.45, 2.75) is 16.8 Å². The van der Waals surface area contributed by atoms with E-state index in [4.69, 9.17) is 0 Å². The van der Waals surface area contributed by atoms with Crippen molar-refractivity contribution >= 4 is 50.0 Å². The van der Waals surface area contributed by atoms with Crippen LogP contribution in [0.3, 0.4) is 0 Å². The zero-order valence-electron chi connectivity index (χ0n) is 7.33. The molecule has 14 heavy (non-hydrogen) atoms. The third-order valence-corrected chi connectivity index (χ3v) is 4.51. The predicted molar refractivity (Wildman–Crippen MR) is 67.6 cm³/mol. The number of halogens is 1. The van der Waals surface area contributed by atoms with Crippen LogP contribution in [-0.2, 0) is 11.9 Å². The highest BCUT2D eigenvalue weighted by atomic mass is 79.9. The van der Waals surface area contributed by atoms with Gasteiger partial charge in [0.25, 0.3) is 0 Å². The summed E-state index contributed by atoms with van der Waals surface area (Å²) in [7, 11) is 0. The van der Waals surface area contributed by atoms with E-state index in [9.17, 15) is 5.11 Å². The topological polar surface area (TPSA) is 20.2 Å². The Bertz CT molecular complexity index is 464. The molecule has 0 saturated carbocycles. The second-order valence-electron chi connectivity index (χ2n) is 2.95. The highest BCUT2D eigenvalue weighted by Gasteiger charge is 2.11. The first-order valence-electron chi connectivity index (χ1n) is 4.17. The number of benzene rings is 1. The van der Waals surface area contributed by atoms with Gasteiger partial charge < -0.3 is 5.11 Å². The molecule has 1 heterocycles. The first-order chi connectivity index (χ1) is 6.77. The van der Waals surface area contributed by atoms with Crippen molar-refractivity contribution in [1.29, 1.82) is 0 Å². The number of hydrogen-bond donors (Lipinski definition) is 2. The van der Waals surface area contributed by atoms with Gasteiger partial charge in [-0.05, 0) is 17.0 Å². The Hall–Kier alpha value is -0.0300. The van der Waals surface area contributed by atoms with E-state index in [0.717, 1.165) is 19.8 Å². The van der Waals surface area contributed by atoms with Crippen LogP contribution >= 0.6 is 39.9 Å². The minimum absolute atomic E-state index is 0.105. The fraction of sp³-hybridized carbons (Fsp3) is 0.200. The monoisotopic (exact) mass is 288 g/mol. The molecule has 0 aliphatic rings. The normalized spacial score (nSPS) is 11.1. The van der Waals surface area contributed by atoms with Crippen LogP contribution in [0.4, 0.5) is 0 Å². The molecular formula is C10H9BrOS2. The number of thiophene rings is 1. The Balaban J connectivity index is 2.79. The molecule has 0 unspecified atom stereocenters. The van der Waals surface area contributed by atoms with Gasteiger partial charge in [-0.2, -0.15) is 0 Å². The molecule has 4 heteroatoms. The SMILES string of the molecule is OCc1sc2c(S)cccc2c1CBr. The third kappa shape index (κ3) is 1.60. The predicted octanol–water partition coefficient (Wildman–Crippen LogP) is 3.58. The first-order valence-corrected chi connectivity index (χ1v) is 6.55. The lowest BCUT2D eigenvalue weighted by Crippen LogP contribution is -1.83. The minimum atomic E-state index is 0.105. The van der Waals surface area contributed by atoms with E-state index in [1.807, 2.05) is 12.1 Å². The van der Waals surface area contributed by atoms with Crippen LogP contribution in [0.1, 0.15) is 10.4 Å². The molecule has 74 valence electrons. The summed E-state index contributed by atoms with van der Waals surface area (Å²) in [6.07, 6.45) is 0. The van der Waals surface area contributed by atoms with E-state index in [1.54, 1.807) is 11.3 Å². The lowest BCUT2D eigenvalue weighted by atomic mass is 10.1. The molecule has 0 radical (unpaired) electrons. The molecule has 0 aliphatic carbocycles. The number of hydrogen-bond acceptors (Lipinski definition) is 3. The smallest absolute Gasteiger partial charge is 0.0777 e. The van der Waals surface area contributed by atoms with Crippen LogP contribution in [0.25, 0.3) is 10.1 Å². The van der Waals surface area contributed by atoms with E-state index in [-0.39, 0.29) is 6.61 Å². The lowest BCUT2D eigenvalue weighted by molar-refractivity contribution is 0.285. The van der Waals surface area contributed by atoms with Crippen molar-refractivity contribution in [2.75, 3.05) is 0 Å². The summed E-state index contributed by atoms with van der Waals surface area (Å²) in [5.41, 5.74) is 1.18. The fourth-order valence-electron chi connectivity index (χ4n) is 1.48. The molecule has 2 rings (SSSR count). The molecule has 1 aromatic carbocycles. The zero-order valence-corrected chi connectivity index (χ0v) is 10.6. The fourth-order valence-corrected chi connectivity index (χ4v) is 3.74. The van der Waals surface area contributed by atoms with Gasteiger partial charge in [-0.3, -0.25) is 0 Å². The Morgan fingerprint density at radius 3 is 2.86 bits per heavy atom. The van der Waals surface area contributed by atoms with Gasteiger partial charge >= 0.3 is 0 Å². The number of rotatable bonds is 2. The molecule has 2 aromatic rings.